The maximum atomic E-state index is 3.88. The normalized spacial score (nSPS) is 8.78. The minimum atomic E-state index is 0.964. The first-order chi connectivity index (χ1) is 8.83. The van der Waals surface area contributed by atoms with Gasteiger partial charge in [0, 0.05) is 11.1 Å². The quantitative estimate of drug-likeness (QED) is 0.569. The van der Waals surface area contributed by atoms with E-state index < -0.39 is 0 Å². The maximum absolute atomic E-state index is 3.88. The van der Waals surface area contributed by atoms with Crippen molar-refractivity contribution in [1.29, 1.82) is 0 Å². The van der Waals surface area contributed by atoms with E-state index in [1.165, 1.54) is 0 Å². The van der Waals surface area contributed by atoms with Gasteiger partial charge in [-0.3, -0.25) is 0 Å². The molecule has 0 aliphatic carbocycles. The molecule has 0 aromatic heterocycles. The van der Waals surface area contributed by atoms with Crippen molar-refractivity contribution in [2.75, 3.05) is 0 Å². The van der Waals surface area contributed by atoms with Crippen LogP contribution in [0.1, 0.15) is 11.1 Å². The predicted molar refractivity (Wildman–Crippen MR) is 83.6 cm³/mol. The van der Waals surface area contributed by atoms with Crippen LogP contribution in [0, 0.1) is 22.3 Å². The van der Waals surface area contributed by atoms with Crippen molar-refractivity contribution in [2.45, 2.75) is 0 Å². The third-order valence-corrected chi connectivity index (χ3v) is 2.73. The maximum Gasteiger partial charge on any atom is 0.0254 e. The number of benzene rings is 2. The number of thiol groups is 2. The first-order valence-electron chi connectivity index (χ1n) is 5.34. The molecule has 0 aliphatic rings. The third kappa shape index (κ3) is 3.14. The molecule has 2 aromatic carbocycles. The molecule has 0 fully saturated rings. The van der Waals surface area contributed by atoms with Crippen molar-refractivity contribution in [3.8, 4) is 33.5 Å². The second-order valence-electron chi connectivity index (χ2n) is 3.63. The highest BCUT2D eigenvalue weighted by molar-refractivity contribution is 7.85. The van der Waals surface area contributed by atoms with Crippen LogP contribution in [-0.4, -0.2) is 0 Å². The van der Waals surface area contributed by atoms with Crippen LogP contribution >= 0.6 is 25.3 Å². The molecule has 0 saturated carbocycles. The molecule has 0 bridgehead atoms. The van der Waals surface area contributed by atoms with E-state index in [1.807, 2.05) is 48.5 Å². The van der Waals surface area contributed by atoms with E-state index in [0.29, 0.717) is 0 Å². The van der Waals surface area contributed by atoms with Gasteiger partial charge in [0.1, 0.15) is 0 Å². The van der Waals surface area contributed by atoms with Gasteiger partial charge in [0.15, 0.2) is 0 Å². The summed E-state index contributed by atoms with van der Waals surface area (Å²) in [6.45, 7) is 0. The smallest absolute Gasteiger partial charge is 0.0254 e. The highest BCUT2D eigenvalue weighted by Gasteiger charge is 1.97. The molecule has 0 atom stereocenters. The lowest BCUT2D eigenvalue weighted by Crippen LogP contribution is -1.80. The zero-order valence-electron chi connectivity index (χ0n) is 9.51. The molecular weight excluding hydrogens is 256 g/mol. The second kappa shape index (κ2) is 6.26. The van der Waals surface area contributed by atoms with Gasteiger partial charge in [0.05, 0.1) is 0 Å². The molecule has 2 heteroatoms. The van der Waals surface area contributed by atoms with E-state index in [1.54, 1.807) is 0 Å². The van der Waals surface area contributed by atoms with Crippen LogP contribution in [-0.2, 0) is 0 Å². The molecule has 0 saturated heterocycles. The molecule has 0 radical (unpaired) electrons. The van der Waals surface area contributed by atoms with Crippen molar-refractivity contribution < 1.29 is 0 Å². The topological polar surface area (TPSA) is 0 Å². The van der Waals surface area contributed by atoms with Crippen molar-refractivity contribution in [2.24, 2.45) is 0 Å². The average Bonchev–Trinajstić information content (AvgIpc) is 2.41. The highest BCUT2D eigenvalue weighted by Crippen LogP contribution is 2.20. The van der Waals surface area contributed by atoms with Gasteiger partial charge in [-0.05, 0) is 45.9 Å². The average molecular weight is 266 g/mol. The third-order valence-electron chi connectivity index (χ3n) is 2.50. The molecule has 0 heterocycles. The molecule has 0 nitrogen and oxygen atoms in total. The summed E-state index contributed by atoms with van der Waals surface area (Å²) in [6.07, 6.45) is 0. The van der Waals surface area contributed by atoms with Gasteiger partial charge in [-0.25, -0.2) is 0 Å². The van der Waals surface area contributed by atoms with Gasteiger partial charge in [-0.1, -0.05) is 61.4 Å². The van der Waals surface area contributed by atoms with Gasteiger partial charge in [0.2, 0.25) is 0 Å². The van der Waals surface area contributed by atoms with Gasteiger partial charge in [-0.15, -0.1) is 0 Å². The molecule has 2 rings (SSSR count). The molecule has 0 spiro atoms. The molecule has 0 amide bonds. The van der Waals surface area contributed by atoms with Crippen molar-refractivity contribution in [1.82, 2.24) is 0 Å². The van der Waals surface area contributed by atoms with E-state index in [4.69, 9.17) is 0 Å². The lowest BCUT2D eigenvalue weighted by molar-refractivity contribution is 1.58. The van der Waals surface area contributed by atoms with Crippen LogP contribution in [0.3, 0.4) is 0 Å². The van der Waals surface area contributed by atoms with E-state index >= 15 is 0 Å². The summed E-state index contributed by atoms with van der Waals surface area (Å²) in [7, 11) is 0. The molecular formula is C16H10S2. The summed E-state index contributed by atoms with van der Waals surface area (Å²) < 4.78 is 0. The largest absolute Gasteiger partial charge is 0.0918 e. The summed E-state index contributed by atoms with van der Waals surface area (Å²) in [4.78, 5) is 0. The monoisotopic (exact) mass is 266 g/mol. The Balaban J connectivity index is 2.29. The number of hydrogen-bond donors (Lipinski definition) is 2. The Hall–Kier alpha value is -1.74. The summed E-state index contributed by atoms with van der Waals surface area (Å²) in [5, 5.41) is 5.17. The molecule has 0 unspecified atom stereocenters. The molecule has 2 aromatic rings. The fraction of sp³-hybridized carbons (Fsp3) is 0. The van der Waals surface area contributed by atoms with Gasteiger partial charge < -0.3 is 0 Å². The van der Waals surface area contributed by atoms with Crippen molar-refractivity contribution in [3.05, 3.63) is 59.7 Å². The Kier molecular flexibility index (Phi) is 4.42. The van der Waals surface area contributed by atoms with Crippen molar-refractivity contribution >= 4 is 25.3 Å². The second-order valence-corrected chi connectivity index (χ2v) is 4.08. The van der Waals surface area contributed by atoms with Crippen LogP contribution in [0.25, 0.3) is 11.1 Å². The van der Waals surface area contributed by atoms with Crippen LogP contribution in [0.15, 0.2) is 48.5 Å². The molecule has 0 N–H and O–H groups in total. The molecule has 18 heavy (non-hydrogen) atoms. The van der Waals surface area contributed by atoms with Gasteiger partial charge in [0.25, 0.3) is 0 Å². The summed E-state index contributed by atoms with van der Waals surface area (Å²) in [6, 6.07) is 16.1. The van der Waals surface area contributed by atoms with E-state index in [9.17, 15) is 0 Å². The molecule has 86 valence electrons. The minimum Gasteiger partial charge on any atom is -0.0918 e. The Bertz CT molecular complexity index is 583. The van der Waals surface area contributed by atoms with Crippen LogP contribution in [0.5, 0.6) is 0 Å². The summed E-state index contributed by atoms with van der Waals surface area (Å²) in [5.41, 5.74) is 4.24. The standard InChI is InChI=1S/C16H10S2/c17-11-9-13-1-5-15(6-2-13)16-7-3-14(4-8-16)10-12-18/h1-8,17-18H. The van der Waals surface area contributed by atoms with Gasteiger partial charge in [-0.2, -0.15) is 0 Å². The molecule has 0 aliphatic heterocycles. The first-order valence-corrected chi connectivity index (χ1v) is 6.23. The fourth-order valence-corrected chi connectivity index (χ4v) is 1.88. The highest BCUT2D eigenvalue weighted by atomic mass is 32.1. The number of hydrogen-bond acceptors (Lipinski definition) is 2. The number of rotatable bonds is 1. The van der Waals surface area contributed by atoms with Gasteiger partial charge >= 0.3 is 0 Å². The minimum absolute atomic E-state index is 0.964. The van der Waals surface area contributed by atoms with E-state index in [0.717, 1.165) is 22.3 Å². The summed E-state index contributed by atoms with van der Waals surface area (Å²) >= 11 is 7.76. The van der Waals surface area contributed by atoms with E-state index in [-0.39, 0.29) is 0 Å². The Labute approximate surface area is 118 Å². The predicted octanol–water partition coefficient (Wildman–Crippen LogP) is 3.83. The zero-order valence-corrected chi connectivity index (χ0v) is 11.3. The lowest BCUT2D eigenvalue weighted by atomic mass is 10.0. The van der Waals surface area contributed by atoms with Crippen LogP contribution < -0.4 is 0 Å². The Morgan fingerprint density at radius 3 is 1.17 bits per heavy atom. The van der Waals surface area contributed by atoms with E-state index in [2.05, 4.69) is 47.6 Å². The SMILES string of the molecule is SC#Cc1ccc(-c2ccc(C#CS)cc2)cc1. The van der Waals surface area contributed by atoms with Crippen molar-refractivity contribution in [3.63, 3.8) is 0 Å². The first kappa shape index (κ1) is 12.7. The zero-order chi connectivity index (χ0) is 12.8. The summed E-state index contributed by atoms with van der Waals surface area (Å²) in [5.74, 6) is 5.80. The lowest BCUT2D eigenvalue weighted by Gasteiger charge is -2.02. The van der Waals surface area contributed by atoms with Crippen LogP contribution in [0.4, 0.5) is 0 Å². The fourth-order valence-electron chi connectivity index (χ4n) is 1.62. The van der Waals surface area contributed by atoms with Crippen LogP contribution in [0.2, 0.25) is 0 Å². The Morgan fingerprint density at radius 2 is 0.889 bits per heavy atom. The Morgan fingerprint density at radius 1 is 0.556 bits per heavy atom.